The Hall–Kier alpha value is -2.48. The monoisotopic (exact) mass is 231 g/mol. The lowest BCUT2D eigenvalue weighted by atomic mass is 10.3. The van der Waals surface area contributed by atoms with Crippen LogP contribution in [-0.2, 0) is 0 Å². The second kappa shape index (κ2) is 4.58. The third-order valence-electron chi connectivity index (χ3n) is 2.05. The molecule has 0 radical (unpaired) electrons. The molecular formula is C12H7F2N3. The number of nitrogens with one attached hydrogen (secondary N) is 1. The van der Waals surface area contributed by atoms with Crippen LogP contribution in [0, 0.1) is 23.0 Å². The highest BCUT2D eigenvalue weighted by molar-refractivity contribution is 5.57. The number of nitrogens with zero attached hydrogens (tertiary/aromatic N) is 2. The topological polar surface area (TPSA) is 48.7 Å². The second-order valence-electron chi connectivity index (χ2n) is 3.27. The number of nitriles is 1. The molecule has 0 bridgehead atoms. The fourth-order valence-electron chi connectivity index (χ4n) is 1.30. The van der Waals surface area contributed by atoms with Crippen LogP contribution in [0.15, 0.2) is 36.4 Å². The van der Waals surface area contributed by atoms with E-state index in [1.54, 1.807) is 12.1 Å². The van der Waals surface area contributed by atoms with Crippen LogP contribution in [0.25, 0.3) is 0 Å². The molecule has 0 aliphatic carbocycles. The molecule has 0 atom stereocenters. The summed E-state index contributed by atoms with van der Waals surface area (Å²) in [6, 6.07) is 9.62. The molecule has 0 aliphatic heterocycles. The van der Waals surface area contributed by atoms with E-state index < -0.39 is 11.6 Å². The average molecular weight is 231 g/mol. The van der Waals surface area contributed by atoms with Gasteiger partial charge in [0.15, 0.2) is 0 Å². The first kappa shape index (κ1) is 11.0. The van der Waals surface area contributed by atoms with Gasteiger partial charge >= 0.3 is 0 Å². The van der Waals surface area contributed by atoms with Crippen LogP contribution in [-0.4, -0.2) is 4.98 Å². The molecule has 0 fully saturated rings. The molecule has 0 spiro atoms. The van der Waals surface area contributed by atoms with Gasteiger partial charge in [-0.2, -0.15) is 5.26 Å². The number of anilines is 2. The van der Waals surface area contributed by atoms with E-state index in [-0.39, 0.29) is 17.2 Å². The van der Waals surface area contributed by atoms with Crippen molar-refractivity contribution < 1.29 is 8.78 Å². The number of hydrogen-bond acceptors (Lipinski definition) is 3. The Morgan fingerprint density at radius 1 is 1.18 bits per heavy atom. The van der Waals surface area contributed by atoms with E-state index in [9.17, 15) is 8.78 Å². The minimum Gasteiger partial charge on any atom is -0.338 e. The van der Waals surface area contributed by atoms with E-state index in [2.05, 4.69) is 10.3 Å². The van der Waals surface area contributed by atoms with Crippen LogP contribution in [0.3, 0.4) is 0 Å². The number of hydrogen-bond donors (Lipinski definition) is 1. The number of benzene rings is 1. The lowest BCUT2D eigenvalue weighted by Gasteiger charge is -2.06. The first-order chi connectivity index (χ1) is 8.19. The van der Waals surface area contributed by atoms with Gasteiger partial charge in [-0.3, -0.25) is 0 Å². The van der Waals surface area contributed by atoms with Crippen LogP contribution in [0.5, 0.6) is 0 Å². The Labute approximate surface area is 96.3 Å². The fraction of sp³-hybridized carbons (Fsp3) is 0. The van der Waals surface area contributed by atoms with Crippen molar-refractivity contribution in [3.63, 3.8) is 0 Å². The Bertz CT molecular complexity index is 591. The van der Waals surface area contributed by atoms with Crippen molar-refractivity contribution in [2.24, 2.45) is 0 Å². The van der Waals surface area contributed by atoms with Crippen LogP contribution in [0.2, 0.25) is 0 Å². The van der Waals surface area contributed by atoms with Crippen molar-refractivity contribution in [3.05, 3.63) is 53.7 Å². The lowest BCUT2D eigenvalue weighted by Crippen LogP contribution is -1.97. The molecule has 17 heavy (non-hydrogen) atoms. The van der Waals surface area contributed by atoms with Crippen LogP contribution < -0.4 is 5.32 Å². The minimum atomic E-state index is -0.587. The van der Waals surface area contributed by atoms with Gasteiger partial charge < -0.3 is 5.32 Å². The third-order valence-corrected chi connectivity index (χ3v) is 2.05. The van der Waals surface area contributed by atoms with Crippen LogP contribution in [0.1, 0.15) is 5.69 Å². The predicted molar refractivity (Wildman–Crippen MR) is 58.6 cm³/mol. The highest BCUT2D eigenvalue weighted by Gasteiger charge is 2.05. The number of rotatable bonds is 2. The summed E-state index contributed by atoms with van der Waals surface area (Å²) < 4.78 is 26.2. The summed E-state index contributed by atoms with van der Waals surface area (Å²) in [5.41, 5.74) is 0.180. The van der Waals surface area contributed by atoms with Gasteiger partial charge in [-0.15, -0.1) is 0 Å². The maximum absolute atomic E-state index is 13.3. The lowest BCUT2D eigenvalue weighted by molar-refractivity contribution is 0.603. The van der Waals surface area contributed by atoms with Gasteiger partial charge in [0.2, 0.25) is 0 Å². The maximum atomic E-state index is 13.3. The molecule has 1 heterocycles. The van der Waals surface area contributed by atoms with Crippen molar-refractivity contribution in [3.8, 4) is 6.07 Å². The fourth-order valence-corrected chi connectivity index (χ4v) is 1.30. The van der Waals surface area contributed by atoms with E-state index in [1.807, 2.05) is 6.07 Å². The van der Waals surface area contributed by atoms with Crippen molar-refractivity contribution in [1.29, 1.82) is 5.26 Å². The summed E-state index contributed by atoms with van der Waals surface area (Å²) in [5, 5.41) is 11.3. The Morgan fingerprint density at radius 3 is 2.76 bits per heavy atom. The standard InChI is InChI=1S/C12H7F2N3/c13-8-4-5-10(14)11(6-8)17-12-3-1-2-9(7-15)16-12/h1-6H,(H,16,17). The van der Waals surface area contributed by atoms with Crippen molar-refractivity contribution >= 4 is 11.5 Å². The molecule has 2 aromatic rings. The molecule has 0 amide bonds. The van der Waals surface area contributed by atoms with E-state index in [0.29, 0.717) is 0 Å². The van der Waals surface area contributed by atoms with Gasteiger partial charge in [0.05, 0.1) is 5.69 Å². The predicted octanol–water partition coefficient (Wildman–Crippen LogP) is 2.98. The molecule has 0 saturated carbocycles. The summed E-state index contributed by atoms with van der Waals surface area (Å²) in [6.45, 7) is 0. The Kier molecular flexibility index (Phi) is 2.97. The quantitative estimate of drug-likeness (QED) is 0.864. The minimum absolute atomic E-state index is 0.0208. The highest BCUT2D eigenvalue weighted by atomic mass is 19.1. The van der Waals surface area contributed by atoms with Crippen LogP contribution in [0.4, 0.5) is 20.3 Å². The molecule has 0 aliphatic rings. The summed E-state index contributed by atoms with van der Waals surface area (Å²) >= 11 is 0. The molecular weight excluding hydrogens is 224 g/mol. The normalized spacial score (nSPS) is 9.71. The summed E-state index contributed by atoms with van der Waals surface area (Å²) in [7, 11) is 0. The SMILES string of the molecule is N#Cc1cccc(Nc2cc(F)ccc2F)n1. The molecule has 84 valence electrons. The molecule has 3 nitrogen and oxygen atoms in total. The Balaban J connectivity index is 2.31. The van der Waals surface area contributed by atoms with Crippen molar-refractivity contribution in [1.82, 2.24) is 4.98 Å². The van der Waals surface area contributed by atoms with Gasteiger partial charge in [-0.1, -0.05) is 6.07 Å². The summed E-state index contributed by atoms with van der Waals surface area (Å²) in [6.07, 6.45) is 0. The molecule has 0 unspecified atom stereocenters. The van der Waals surface area contributed by atoms with E-state index in [1.165, 1.54) is 6.07 Å². The Morgan fingerprint density at radius 2 is 2.00 bits per heavy atom. The number of halogens is 2. The molecule has 1 N–H and O–H groups in total. The van der Waals surface area contributed by atoms with Gasteiger partial charge in [0, 0.05) is 6.07 Å². The van der Waals surface area contributed by atoms with Crippen molar-refractivity contribution in [2.45, 2.75) is 0 Å². The largest absolute Gasteiger partial charge is 0.338 e. The molecule has 0 saturated heterocycles. The zero-order valence-electron chi connectivity index (χ0n) is 8.61. The number of aromatic nitrogens is 1. The van der Waals surface area contributed by atoms with Gasteiger partial charge in [0.1, 0.15) is 29.2 Å². The summed E-state index contributed by atoms with van der Waals surface area (Å²) in [5.74, 6) is -0.852. The zero-order valence-corrected chi connectivity index (χ0v) is 8.61. The van der Waals surface area contributed by atoms with Crippen LogP contribution >= 0.6 is 0 Å². The van der Waals surface area contributed by atoms with E-state index in [4.69, 9.17) is 5.26 Å². The smallest absolute Gasteiger partial charge is 0.146 e. The van der Waals surface area contributed by atoms with E-state index >= 15 is 0 Å². The van der Waals surface area contributed by atoms with Gasteiger partial charge in [0.25, 0.3) is 0 Å². The zero-order chi connectivity index (χ0) is 12.3. The van der Waals surface area contributed by atoms with Gasteiger partial charge in [-0.05, 0) is 24.3 Å². The summed E-state index contributed by atoms with van der Waals surface area (Å²) in [4.78, 5) is 3.90. The second-order valence-corrected chi connectivity index (χ2v) is 3.27. The third kappa shape index (κ3) is 2.55. The van der Waals surface area contributed by atoms with Crippen molar-refractivity contribution in [2.75, 3.05) is 5.32 Å². The van der Waals surface area contributed by atoms with E-state index in [0.717, 1.165) is 18.2 Å². The molecule has 1 aromatic carbocycles. The molecule has 5 heteroatoms. The number of pyridine rings is 1. The molecule has 1 aromatic heterocycles. The molecule has 2 rings (SSSR count). The first-order valence-corrected chi connectivity index (χ1v) is 4.78. The first-order valence-electron chi connectivity index (χ1n) is 4.78. The highest BCUT2D eigenvalue weighted by Crippen LogP contribution is 2.19. The maximum Gasteiger partial charge on any atom is 0.146 e. The average Bonchev–Trinajstić information content (AvgIpc) is 2.34. The van der Waals surface area contributed by atoms with Gasteiger partial charge in [-0.25, -0.2) is 13.8 Å².